The molecule has 0 bridgehead atoms. The molecule has 0 aliphatic heterocycles. The molecule has 0 nitrogen and oxygen atoms in total. The lowest BCUT2D eigenvalue weighted by Gasteiger charge is -2.23. The van der Waals surface area contributed by atoms with Crippen LogP contribution in [-0.4, -0.2) is 0 Å². The number of aryl methyl sites for hydroxylation is 1. The largest absolute Gasteiger partial charge is 0.416 e. The molecule has 0 aromatic heterocycles. The van der Waals surface area contributed by atoms with E-state index in [0.717, 1.165) is 6.07 Å². The Morgan fingerprint density at radius 3 is 1.90 bits per heavy atom. The van der Waals surface area contributed by atoms with Gasteiger partial charge in [0.05, 0.1) is 5.56 Å². The van der Waals surface area contributed by atoms with Gasteiger partial charge in [0.2, 0.25) is 0 Å². The number of alkyl halides is 3. The minimum Gasteiger partial charge on any atom is -0.207 e. The van der Waals surface area contributed by atoms with Crippen LogP contribution in [0.3, 0.4) is 0 Å². The molecule has 1 atom stereocenters. The molecule has 116 valence electrons. The molecule has 4 heteroatoms. The molecule has 0 saturated carbocycles. The summed E-state index contributed by atoms with van der Waals surface area (Å²) < 4.78 is 51.6. The fraction of sp³-hybridized carbons (Fsp3) is 0.625. The number of benzene rings is 1. The molecular formula is C16H24F4. The zero-order chi connectivity index (χ0) is 16.1. The summed E-state index contributed by atoms with van der Waals surface area (Å²) in [4.78, 5) is 0. The summed E-state index contributed by atoms with van der Waals surface area (Å²) in [6.45, 7) is 11.4. The Hall–Kier alpha value is -1.06. The van der Waals surface area contributed by atoms with Gasteiger partial charge in [-0.1, -0.05) is 34.6 Å². The van der Waals surface area contributed by atoms with Crippen molar-refractivity contribution >= 4 is 0 Å². The summed E-state index contributed by atoms with van der Waals surface area (Å²) >= 11 is 0. The zero-order valence-corrected chi connectivity index (χ0v) is 13.0. The molecule has 0 aliphatic carbocycles. The predicted molar refractivity (Wildman–Crippen MR) is 75.4 cm³/mol. The van der Waals surface area contributed by atoms with Crippen LogP contribution in [0.5, 0.6) is 0 Å². The van der Waals surface area contributed by atoms with Crippen molar-refractivity contribution in [1.82, 2.24) is 0 Å². The van der Waals surface area contributed by atoms with Crippen molar-refractivity contribution in [2.45, 2.75) is 60.1 Å². The zero-order valence-electron chi connectivity index (χ0n) is 13.0. The Balaban J connectivity index is 0.00000172. The standard InChI is InChI=1S/C14H18F4.C2H6/c1-5-11(8(2)3)13-9(4)6-10(7-12(13)15)14(16,17)18;1-2/h6-8,11H,5H2,1-4H3;1-2H3. The fourth-order valence-electron chi connectivity index (χ4n) is 2.40. The van der Waals surface area contributed by atoms with E-state index in [9.17, 15) is 17.6 Å². The molecule has 0 radical (unpaired) electrons. The monoisotopic (exact) mass is 292 g/mol. The molecule has 0 N–H and O–H groups in total. The summed E-state index contributed by atoms with van der Waals surface area (Å²) in [5.41, 5.74) is -0.122. The Morgan fingerprint density at radius 2 is 1.60 bits per heavy atom. The highest BCUT2D eigenvalue weighted by Crippen LogP contribution is 2.36. The summed E-state index contributed by atoms with van der Waals surface area (Å²) in [5.74, 6) is -0.602. The van der Waals surface area contributed by atoms with Gasteiger partial charge in [0, 0.05) is 0 Å². The van der Waals surface area contributed by atoms with E-state index in [1.165, 1.54) is 0 Å². The third-order valence-corrected chi connectivity index (χ3v) is 3.28. The lowest BCUT2D eigenvalue weighted by atomic mass is 9.83. The van der Waals surface area contributed by atoms with Gasteiger partial charge in [0.1, 0.15) is 5.82 Å². The predicted octanol–water partition coefficient (Wildman–Crippen LogP) is 6.33. The highest BCUT2D eigenvalue weighted by Gasteiger charge is 2.33. The Bertz CT molecular complexity index is 396. The van der Waals surface area contributed by atoms with Crippen LogP contribution >= 0.6 is 0 Å². The van der Waals surface area contributed by atoms with Crippen LogP contribution < -0.4 is 0 Å². The quantitative estimate of drug-likeness (QED) is 0.571. The van der Waals surface area contributed by atoms with Crippen LogP contribution in [0.25, 0.3) is 0 Å². The van der Waals surface area contributed by atoms with E-state index in [1.807, 2.05) is 34.6 Å². The summed E-state index contributed by atoms with van der Waals surface area (Å²) in [6.07, 6.45) is -3.79. The molecule has 20 heavy (non-hydrogen) atoms. The maximum absolute atomic E-state index is 13.9. The Kier molecular flexibility index (Phi) is 7.25. The van der Waals surface area contributed by atoms with Crippen molar-refractivity contribution in [2.75, 3.05) is 0 Å². The van der Waals surface area contributed by atoms with E-state index < -0.39 is 17.6 Å². The molecule has 0 aliphatic rings. The second-order valence-corrected chi connectivity index (χ2v) is 4.95. The first-order chi connectivity index (χ1) is 9.18. The molecule has 0 heterocycles. The Morgan fingerprint density at radius 1 is 1.10 bits per heavy atom. The van der Waals surface area contributed by atoms with Crippen LogP contribution in [-0.2, 0) is 6.18 Å². The van der Waals surface area contributed by atoms with Crippen LogP contribution in [0.2, 0.25) is 0 Å². The third kappa shape index (κ3) is 4.50. The van der Waals surface area contributed by atoms with E-state index in [4.69, 9.17) is 0 Å². The number of hydrogen-bond donors (Lipinski definition) is 0. The maximum Gasteiger partial charge on any atom is 0.416 e. The lowest BCUT2D eigenvalue weighted by Crippen LogP contribution is -2.13. The van der Waals surface area contributed by atoms with Crippen LogP contribution in [0, 0.1) is 18.7 Å². The van der Waals surface area contributed by atoms with E-state index in [2.05, 4.69) is 0 Å². The van der Waals surface area contributed by atoms with Gasteiger partial charge in [0.15, 0.2) is 0 Å². The summed E-state index contributed by atoms with van der Waals surface area (Å²) in [6, 6.07) is 1.64. The van der Waals surface area contributed by atoms with Crippen LogP contribution in [0.4, 0.5) is 17.6 Å². The maximum atomic E-state index is 13.9. The van der Waals surface area contributed by atoms with E-state index in [-0.39, 0.29) is 11.8 Å². The SMILES string of the molecule is CC.CCC(c1c(C)cc(C(F)(F)F)cc1F)C(C)C. The lowest BCUT2D eigenvalue weighted by molar-refractivity contribution is -0.137. The molecule has 1 aromatic carbocycles. The van der Waals surface area contributed by atoms with Gasteiger partial charge >= 0.3 is 6.18 Å². The second kappa shape index (κ2) is 7.65. The van der Waals surface area contributed by atoms with Crippen molar-refractivity contribution in [2.24, 2.45) is 5.92 Å². The van der Waals surface area contributed by atoms with Gasteiger partial charge in [-0.05, 0) is 48.4 Å². The topological polar surface area (TPSA) is 0 Å². The number of rotatable bonds is 3. The molecule has 0 spiro atoms. The second-order valence-electron chi connectivity index (χ2n) is 4.95. The first-order valence-corrected chi connectivity index (χ1v) is 7.05. The van der Waals surface area contributed by atoms with Crippen LogP contribution in [0.1, 0.15) is 63.6 Å². The Labute approximate surface area is 119 Å². The normalized spacial score (nSPS) is 12.9. The molecule has 0 saturated heterocycles. The smallest absolute Gasteiger partial charge is 0.207 e. The van der Waals surface area contributed by atoms with Crippen molar-refractivity contribution in [3.8, 4) is 0 Å². The third-order valence-electron chi connectivity index (χ3n) is 3.28. The highest BCUT2D eigenvalue weighted by atomic mass is 19.4. The number of hydrogen-bond acceptors (Lipinski definition) is 0. The first-order valence-electron chi connectivity index (χ1n) is 7.05. The van der Waals surface area contributed by atoms with Crippen LogP contribution in [0.15, 0.2) is 12.1 Å². The van der Waals surface area contributed by atoms with Crippen molar-refractivity contribution < 1.29 is 17.6 Å². The van der Waals surface area contributed by atoms with Gasteiger partial charge in [-0.3, -0.25) is 0 Å². The van der Waals surface area contributed by atoms with E-state index >= 15 is 0 Å². The van der Waals surface area contributed by atoms with E-state index in [1.54, 1.807) is 6.92 Å². The van der Waals surface area contributed by atoms with Crippen molar-refractivity contribution in [1.29, 1.82) is 0 Å². The first kappa shape index (κ1) is 18.9. The summed E-state index contributed by atoms with van der Waals surface area (Å²) in [7, 11) is 0. The summed E-state index contributed by atoms with van der Waals surface area (Å²) in [5, 5.41) is 0. The fourth-order valence-corrected chi connectivity index (χ4v) is 2.40. The molecular weight excluding hydrogens is 268 g/mol. The van der Waals surface area contributed by atoms with Gasteiger partial charge in [-0.25, -0.2) is 4.39 Å². The van der Waals surface area contributed by atoms with Gasteiger partial charge in [-0.2, -0.15) is 13.2 Å². The molecule has 0 fully saturated rings. The van der Waals surface area contributed by atoms with Gasteiger partial charge < -0.3 is 0 Å². The van der Waals surface area contributed by atoms with Gasteiger partial charge in [0.25, 0.3) is 0 Å². The minimum atomic E-state index is -4.50. The highest BCUT2D eigenvalue weighted by molar-refractivity contribution is 5.36. The molecule has 1 aromatic rings. The van der Waals surface area contributed by atoms with Gasteiger partial charge in [-0.15, -0.1) is 0 Å². The van der Waals surface area contributed by atoms with E-state index in [0.29, 0.717) is 23.6 Å². The average molecular weight is 292 g/mol. The molecule has 1 rings (SSSR count). The molecule has 0 amide bonds. The van der Waals surface area contributed by atoms with Crippen molar-refractivity contribution in [3.05, 3.63) is 34.6 Å². The minimum absolute atomic E-state index is 0.0488. The van der Waals surface area contributed by atoms with Crippen molar-refractivity contribution in [3.63, 3.8) is 0 Å². The number of halogens is 4. The average Bonchev–Trinajstić information content (AvgIpc) is 2.34. The molecule has 1 unspecified atom stereocenters.